The summed E-state index contributed by atoms with van der Waals surface area (Å²) in [5.41, 5.74) is 0. The molecule has 0 fully saturated rings. The van der Waals surface area contributed by atoms with Gasteiger partial charge in [0.1, 0.15) is 0 Å². The molecular formula is C18H32O2. The summed E-state index contributed by atoms with van der Waals surface area (Å²) in [6.45, 7) is 4.21. The smallest absolute Gasteiger partial charge is 0.302 e. The largest absolute Gasteiger partial charge is 0.466 e. The zero-order valence-electron chi connectivity index (χ0n) is 13.4. The minimum atomic E-state index is -0.163. The fraction of sp³-hybridized carbons (Fsp3) is 0.722. The molecule has 0 aliphatic heterocycles. The van der Waals surface area contributed by atoms with E-state index in [9.17, 15) is 4.79 Å². The molecule has 0 aromatic heterocycles. The lowest BCUT2D eigenvalue weighted by atomic mass is 10.1. The van der Waals surface area contributed by atoms with Gasteiger partial charge in [0.15, 0.2) is 0 Å². The highest BCUT2D eigenvalue weighted by Gasteiger charge is 1.94. The van der Waals surface area contributed by atoms with Crippen molar-refractivity contribution in [3.8, 4) is 0 Å². The molecule has 0 aromatic carbocycles. The van der Waals surface area contributed by atoms with Crippen LogP contribution in [-0.4, -0.2) is 12.6 Å². The highest BCUT2D eigenvalue weighted by Crippen LogP contribution is 2.10. The molecule has 2 nitrogen and oxygen atoms in total. The van der Waals surface area contributed by atoms with E-state index in [1.54, 1.807) is 0 Å². The number of allylic oxidation sites excluding steroid dienone is 4. The van der Waals surface area contributed by atoms with Crippen molar-refractivity contribution in [3.63, 3.8) is 0 Å². The summed E-state index contributed by atoms with van der Waals surface area (Å²) in [6, 6.07) is 0. The summed E-state index contributed by atoms with van der Waals surface area (Å²) >= 11 is 0. The van der Waals surface area contributed by atoms with Crippen LogP contribution in [0, 0.1) is 0 Å². The van der Waals surface area contributed by atoms with Crippen LogP contribution >= 0.6 is 0 Å². The summed E-state index contributed by atoms with van der Waals surface area (Å²) in [7, 11) is 0. The zero-order chi connectivity index (χ0) is 14.9. The van der Waals surface area contributed by atoms with Crippen molar-refractivity contribution in [2.24, 2.45) is 0 Å². The van der Waals surface area contributed by atoms with Gasteiger partial charge in [0.2, 0.25) is 0 Å². The van der Waals surface area contributed by atoms with E-state index in [4.69, 9.17) is 4.74 Å². The monoisotopic (exact) mass is 280 g/mol. The first kappa shape index (κ1) is 18.9. The van der Waals surface area contributed by atoms with Crippen LogP contribution in [0.4, 0.5) is 0 Å². The second-order valence-corrected chi connectivity index (χ2v) is 5.22. The van der Waals surface area contributed by atoms with Gasteiger partial charge in [-0.05, 0) is 25.7 Å². The molecule has 0 aliphatic rings. The van der Waals surface area contributed by atoms with E-state index in [2.05, 4.69) is 31.2 Å². The highest BCUT2D eigenvalue weighted by atomic mass is 16.5. The van der Waals surface area contributed by atoms with Gasteiger partial charge in [0.25, 0.3) is 0 Å². The molecule has 0 unspecified atom stereocenters. The van der Waals surface area contributed by atoms with Crippen LogP contribution in [0.1, 0.15) is 78.1 Å². The number of rotatable bonds is 13. The van der Waals surface area contributed by atoms with Crippen LogP contribution in [0.2, 0.25) is 0 Å². The Hall–Kier alpha value is -1.05. The van der Waals surface area contributed by atoms with Crippen molar-refractivity contribution in [2.75, 3.05) is 6.61 Å². The molecule has 0 spiro atoms. The van der Waals surface area contributed by atoms with Crippen LogP contribution in [0.5, 0.6) is 0 Å². The molecule has 0 radical (unpaired) electrons. The first-order chi connectivity index (χ1) is 9.77. The summed E-state index contributed by atoms with van der Waals surface area (Å²) in [4.78, 5) is 10.5. The van der Waals surface area contributed by atoms with E-state index >= 15 is 0 Å². The summed E-state index contributed by atoms with van der Waals surface area (Å²) in [5.74, 6) is -0.163. The Morgan fingerprint density at radius 2 is 1.40 bits per heavy atom. The molecule has 0 aliphatic carbocycles. The normalized spacial score (nSPS) is 11.5. The van der Waals surface area contributed by atoms with Gasteiger partial charge >= 0.3 is 5.97 Å². The van der Waals surface area contributed by atoms with E-state index in [0.717, 1.165) is 12.8 Å². The molecule has 0 rings (SSSR count). The number of carbonyl (C=O) groups is 1. The fourth-order valence-corrected chi connectivity index (χ4v) is 2.03. The number of esters is 1. The fourth-order valence-electron chi connectivity index (χ4n) is 2.03. The lowest BCUT2D eigenvalue weighted by molar-refractivity contribution is -0.141. The molecular weight excluding hydrogens is 248 g/mol. The van der Waals surface area contributed by atoms with Crippen molar-refractivity contribution < 1.29 is 9.53 Å². The van der Waals surface area contributed by atoms with Crippen molar-refractivity contribution in [2.45, 2.75) is 78.1 Å². The molecule has 0 N–H and O–H groups in total. The molecule has 20 heavy (non-hydrogen) atoms. The second-order valence-electron chi connectivity index (χ2n) is 5.22. The van der Waals surface area contributed by atoms with Crippen LogP contribution in [0.3, 0.4) is 0 Å². The lowest BCUT2D eigenvalue weighted by Gasteiger charge is -2.02. The molecule has 0 saturated carbocycles. The number of hydrogen-bond acceptors (Lipinski definition) is 2. The Kier molecular flexibility index (Phi) is 15.2. The molecule has 0 saturated heterocycles. The van der Waals surface area contributed by atoms with Crippen molar-refractivity contribution in [1.82, 2.24) is 0 Å². The Bertz CT molecular complexity index is 267. The van der Waals surface area contributed by atoms with Crippen LogP contribution in [0.15, 0.2) is 24.3 Å². The average molecular weight is 280 g/mol. The maximum Gasteiger partial charge on any atom is 0.302 e. The number of ether oxygens (including phenoxy) is 1. The lowest BCUT2D eigenvalue weighted by Crippen LogP contribution is -2.00. The van der Waals surface area contributed by atoms with Crippen LogP contribution in [0.25, 0.3) is 0 Å². The minimum absolute atomic E-state index is 0.163. The van der Waals surface area contributed by atoms with Gasteiger partial charge in [-0.1, -0.05) is 69.8 Å². The maximum atomic E-state index is 10.5. The van der Waals surface area contributed by atoms with Crippen molar-refractivity contribution in [3.05, 3.63) is 24.3 Å². The Labute approximate surface area is 125 Å². The molecule has 2 heteroatoms. The van der Waals surface area contributed by atoms with Crippen molar-refractivity contribution >= 4 is 5.97 Å². The van der Waals surface area contributed by atoms with Gasteiger partial charge in [-0.3, -0.25) is 4.79 Å². The molecule has 0 atom stereocenters. The van der Waals surface area contributed by atoms with E-state index in [1.165, 1.54) is 58.3 Å². The second kappa shape index (κ2) is 16.0. The van der Waals surface area contributed by atoms with Gasteiger partial charge in [0.05, 0.1) is 6.61 Å². The Morgan fingerprint density at radius 1 is 0.850 bits per heavy atom. The number of hydrogen-bond donors (Lipinski definition) is 0. The van der Waals surface area contributed by atoms with Gasteiger partial charge in [-0.2, -0.15) is 0 Å². The standard InChI is InChI=1S/C18H32O2/c1-3-4-5-6-7-8-9-10-11-12-13-14-15-16-17-20-18(2)19/h4-7H,3,8-17H2,1-2H3/b5-4-,7-6-. The third-order valence-corrected chi connectivity index (χ3v) is 3.19. The quantitative estimate of drug-likeness (QED) is 0.250. The molecule has 0 aromatic rings. The average Bonchev–Trinajstić information content (AvgIpc) is 2.43. The Morgan fingerprint density at radius 3 is 2.00 bits per heavy atom. The SMILES string of the molecule is CC/C=C\C=C/CCCCCCCCCCOC(C)=O. The van der Waals surface area contributed by atoms with Gasteiger partial charge in [0, 0.05) is 6.92 Å². The summed E-state index contributed by atoms with van der Waals surface area (Å²) in [6.07, 6.45) is 21.2. The minimum Gasteiger partial charge on any atom is -0.466 e. The van der Waals surface area contributed by atoms with E-state index in [0.29, 0.717) is 6.61 Å². The molecule has 0 heterocycles. The molecule has 0 amide bonds. The summed E-state index contributed by atoms with van der Waals surface area (Å²) in [5, 5.41) is 0. The Balaban J connectivity index is 3.08. The molecule has 0 bridgehead atoms. The number of carbonyl (C=O) groups excluding carboxylic acids is 1. The third-order valence-electron chi connectivity index (χ3n) is 3.19. The van der Waals surface area contributed by atoms with Crippen LogP contribution in [-0.2, 0) is 9.53 Å². The van der Waals surface area contributed by atoms with Gasteiger partial charge in [-0.25, -0.2) is 0 Å². The van der Waals surface area contributed by atoms with E-state index in [-0.39, 0.29) is 5.97 Å². The molecule has 116 valence electrons. The summed E-state index contributed by atoms with van der Waals surface area (Å²) < 4.78 is 4.90. The first-order valence-electron chi connectivity index (χ1n) is 8.22. The number of unbranched alkanes of at least 4 members (excludes halogenated alkanes) is 8. The predicted molar refractivity (Wildman–Crippen MR) is 86.8 cm³/mol. The first-order valence-corrected chi connectivity index (χ1v) is 8.22. The van der Waals surface area contributed by atoms with Crippen LogP contribution < -0.4 is 0 Å². The van der Waals surface area contributed by atoms with E-state index in [1.807, 2.05) is 0 Å². The van der Waals surface area contributed by atoms with Gasteiger partial charge < -0.3 is 4.74 Å². The van der Waals surface area contributed by atoms with Crippen molar-refractivity contribution in [1.29, 1.82) is 0 Å². The third kappa shape index (κ3) is 16.9. The predicted octanol–water partition coefficient (Wildman–Crippen LogP) is 5.58. The topological polar surface area (TPSA) is 26.3 Å². The van der Waals surface area contributed by atoms with E-state index < -0.39 is 0 Å². The highest BCUT2D eigenvalue weighted by molar-refractivity contribution is 5.65. The van der Waals surface area contributed by atoms with Gasteiger partial charge in [-0.15, -0.1) is 0 Å². The maximum absolute atomic E-state index is 10.5. The zero-order valence-corrected chi connectivity index (χ0v) is 13.4.